The van der Waals surface area contributed by atoms with Crippen LogP contribution in [-0.4, -0.2) is 49.3 Å². The van der Waals surface area contributed by atoms with E-state index >= 15 is 0 Å². The topological polar surface area (TPSA) is 128 Å². The van der Waals surface area contributed by atoms with Crippen LogP contribution in [0.5, 0.6) is 17.2 Å². The lowest BCUT2D eigenvalue weighted by molar-refractivity contribution is -0.115. The van der Waals surface area contributed by atoms with Crippen LogP contribution in [-0.2, 0) is 9.59 Å². The fourth-order valence-electron chi connectivity index (χ4n) is 4.57. The summed E-state index contributed by atoms with van der Waals surface area (Å²) < 4.78 is 16.0. The van der Waals surface area contributed by atoms with Crippen molar-refractivity contribution in [3.8, 4) is 28.5 Å². The number of methoxy groups -OCH3 is 3. The molecule has 0 radical (unpaired) electrons. The Morgan fingerprint density at radius 3 is 2.27 bits per heavy atom. The third kappa shape index (κ3) is 9.28. The van der Waals surface area contributed by atoms with Gasteiger partial charge in [0.25, 0.3) is 11.8 Å². The highest BCUT2D eigenvalue weighted by Gasteiger charge is 2.19. The lowest BCUT2D eigenvalue weighted by Crippen LogP contribution is -2.30. The quantitative estimate of drug-likeness (QED) is 0.0862. The number of rotatable bonds is 13. The van der Waals surface area contributed by atoms with Gasteiger partial charge in [0, 0.05) is 38.7 Å². The summed E-state index contributed by atoms with van der Waals surface area (Å²) in [6.45, 7) is 1.80. The summed E-state index contributed by atoms with van der Waals surface area (Å²) in [6.07, 6.45) is 1.54. The van der Waals surface area contributed by atoms with Gasteiger partial charge in [-0.3, -0.25) is 14.4 Å². The van der Waals surface area contributed by atoms with Crippen LogP contribution in [0.1, 0.15) is 22.8 Å². The molecule has 5 rings (SSSR count). The van der Waals surface area contributed by atoms with Crippen LogP contribution in [0, 0.1) is 0 Å². The highest BCUT2D eigenvalue weighted by Crippen LogP contribution is 2.30. The number of nitrogens with zero attached hydrogens (tertiary/aromatic N) is 1. The molecule has 1 heterocycles. The predicted molar refractivity (Wildman–Crippen MR) is 195 cm³/mol. The molecule has 4 aromatic carbocycles. The zero-order valence-electron chi connectivity index (χ0n) is 27.2. The smallest absolute Gasteiger partial charge is 0.272 e. The Bertz CT molecular complexity index is 1960. The summed E-state index contributed by atoms with van der Waals surface area (Å²) in [4.78, 5) is 45.1. The van der Waals surface area contributed by atoms with Crippen molar-refractivity contribution in [2.75, 3.05) is 32.0 Å². The maximum absolute atomic E-state index is 13.6. The molecule has 1 atom stereocenters. The zero-order chi connectivity index (χ0) is 34.8. The molecule has 0 aliphatic carbocycles. The number of thiazole rings is 1. The van der Waals surface area contributed by atoms with E-state index in [0.717, 1.165) is 21.9 Å². The Morgan fingerprint density at radius 2 is 1.55 bits per heavy atom. The number of hydrogen-bond donors (Lipinski definition) is 3. The molecule has 5 aromatic rings. The van der Waals surface area contributed by atoms with Gasteiger partial charge >= 0.3 is 0 Å². The molecule has 1 aromatic heterocycles. The van der Waals surface area contributed by atoms with Crippen molar-refractivity contribution in [3.63, 3.8) is 0 Å². The molecular formula is C37H34N4O6S2. The number of anilines is 2. The molecular weight excluding hydrogens is 661 g/mol. The number of carbonyl (C=O) groups excluding carboxylic acids is 3. The van der Waals surface area contributed by atoms with Gasteiger partial charge < -0.3 is 30.2 Å². The van der Waals surface area contributed by atoms with Gasteiger partial charge in [0.1, 0.15) is 22.9 Å². The second-order valence-electron chi connectivity index (χ2n) is 10.5. The number of aromatic nitrogens is 1. The van der Waals surface area contributed by atoms with Crippen LogP contribution in [0.4, 0.5) is 10.8 Å². The summed E-state index contributed by atoms with van der Waals surface area (Å²) in [5.74, 6) is 0.580. The minimum atomic E-state index is -0.550. The average Bonchev–Trinajstić information content (AvgIpc) is 3.60. The number of benzene rings is 4. The highest BCUT2D eigenvalue weighted by atomic mass is 32.2. The molecule has 0 aliphatic rings. The molecule has 1 unspecified atom stereocenters. The van der Waals surface area contributed by atoms with Crippen molar-refractivity contribution < 1.29 is 28.6 Å². The molecule has 49 heavy (non-hydrogen) atoms. The van der Waals surface area contributed by atoms with Gasteiger partial charge in [-0.15, -0.1) is 23.1 Å². The molecule has 0 bridgehead atoms. The van der Waals surface area contributed by atoms with Gasteiger partial charge in [0.05, 0.1) is 32.3 Å². The largest absolute Gasteiger partial charge is 0.497 e. The first-order valence-corrected chi connectivity index (χ1v) is 16.8. The summed E-state index contributed by atoms with van der Waals surface area (Å²) in [5.41, 5.74) is 3.10. The van der Waals surface area contributed by atoms with Crippen molar-refractivity contribution in [2.24, 2.45) is 0 Å². The van der Waals surface area contributed by atoms with Crippen LogP contribution < -0.4 is 30.2 Å². The summed E-state index contributed by atoms with van der Waals surface area (Å²) in [6, 6.07) is 28.4. The van der Waals surface area contributed by atoms with E-state index in [2.05, 4.69) is 20.9 Å². The number of thioether (sulfide) groups is 1. The van der Waals surface area contributed by atoms with E-state index in [1.54, 1.807) is 87.9 Å². The first-order valence-electron chi connectivity index (χ1n) is 15.0. The first kappa shape index (κ1) is 34.7. The van der Waals surface area contributed by atoms with E-state index in [1.165, 1.54) is 36.3 Å². The average molecular weight is 695 g/mol. The molecule has 3 amide bonds. The summed E-state index contributed by atoms with van der Waals surface area (Å²) >= 11 is 2.68. The molecule has 3 N–H and O–H groups in total. The van der Waals surface area contributed by atoms with E-state index in [9.17, 15) is 14.4 Å². The number of ether oxygens (including phenoxy) is 3. The van der Waals surface area contributed by atoms with E-state index < -0.39 is 17.1 Å². The van der Waals surface area contributed by atoms with Gasteiger partial charge in [-0.1, -0.05) is 24.3 Å². The van der Waals surface area contributed by atoms with E-state index in [1.807, 2.05) is 35.7 Å². The minimum Gasteiger partial charge on any atom is -0.497 e. The summed E-state index contributed by atoms with van der Waals surface area (Å²) in [7, 11) is 4.67. The van der Waals surface area contributed by atoms with Crippen molar-refractivity contribution in [3.05, 3.63) is 119 Å². The van der Waals surface area contributed by atoms with E-state index in [-0.39, 0.29) is 11.6 Å². The minimum absolute atomic E-state index is 0.000536. The first-order chi connectivity index (χ1) is 23.8. The highest BCUT2D eigenvalue weighted by molar-refractivity contribution is 8.00. The lowest BCUT2D eigenvalue weighted by atomic mass is 10.1. The van der Waals surface area contributed by atoms with Crippen molar-refractivity contribution in [1.29, 1.82) is 0 Å². The van der Waals surface area contributed by atoms with Gasteiger partial charge in [0.2, 0.25) is 5.91 Å². The Balaban J connectivity index is 1.28. The third-order valence-electron chi connectivity index (χ3n) is 7.16. The Labute approximate surface area is 292 Å². The number of carbonyl (C=O) groups is 3. The fourth-order valence-corrected chi connectivity index (χ4v) is 6.22. The van der Waals surface area contributed by atoms with Crippen LogP contribution in [0.15, 0.2) is 113 Å². The Kier molecular flexibility index (Phi) is 11.7. The molecule has 0 saturated heterocycles. The molecule has 250 valence electrons. The lowest BCUT2D eigenvalue weighted by Gasteiger charge is -2.14. The maximum Gasteiger partial charge on any atom is 0.272 e. The van der Waals surface area contributed by atoms with Crippen molar-refractivity contribution in [1.82, 2.24) is 10.3 Å². The molecule has 12 heteroatoms. The zero-order valence-corrected chi connectivity index (χ0v) is 28.8. The second kappa shape index (κ2) is 16.5. The number of nitrogens with one attached hydrogen (secondary N) is 3. The maximum atomic E-state index is 13.6. The standard InChI is InChI=1S/C37H34N4O6S2/c1-23(34(42)41-37-40-32(22-48-37)24-13-16-28(45-2)17-14-24)49-30-12-8-11-27(20-30)38-36(44)31(39-35(43)25-9-6-5-7-10-25)19-26-15-18-29(46-3)21-33(26)47-4/h5-23H,1-4H3,(H,38,44)(H,39,43)(H,40,41,42)/b31-19+. The normalized spacial score (nSPS) is 11.6. The van der Waals surface area contributed by atoms with E-state index in [0.29, 0.717) is 33.4 Å². The Hall–Kier alpha value is -5.59. The fraction of sp³-hybridized carbons (Fsp3) is 0.135. The van der Waals surface area contributed by atoms with E-state index in [4.69, 9.17) is 14.2 Å². The van der Waals surface area contributed by atoms with Crippen LogP contribution in [0.25, 0.3) is 17.3 Å². The van der Waals surface area contributed by atoms with Gasteiger partial charge in [0.15, 0.2) is 5.13 Å². The van der Waals surface area contributed by atoms with Crippen LogP contribution in [0.3, 0.4) is 0 Å². The SMILES string of the molecule is COc1ccc(-c2csc(NC(=O)C(C)Sc3cccc(NC(=O)/C(=C\c4ccc(OC)cc4OC)NC(=O)c4ccccc4)c3)n2)cc1. The van der Waals surface area contributed by atoms with Crippen molar-refractivity contribution >= 4 is 57.7 Å². The van der Waals surface area contributed by atoms with Gasteiger partial charge in [-0.2, -0.15) is 0 Å². The predicted octanol–water partition coefficient (Wildman–Crippen LogP) is 7.36. The monoisotopic (exact) mass is 694 g/mol. The summed E-state index contributed by atoms with van der Waals surface area (Å²) in [5, 5.41) is 10.4. The van der Waals surface area contributed by atoms with Gasteiger partial charge in [-0.05, 0) is 79.7 Å². The molecule has 0 aliphatic heterocycles. The van der Waals surface area contributed by atoms with Crippen LogP contribution in [0.2, 0.25) is 0 Å². The van der Waals surface area contributed by atoms with Crippen LogP contribution >= 0.6 is 23.1 Å². The van der Waals surface area contributed by atoms with Crippen molar-refractivity contribution in [2.45, 2.75) is 17.1 Å². The molecule has 0 spiro atoms. The Morgan fingerprint density at radius 1 is 0.816 bits per heavy atom. The number of hydrogen-bond acceptors (Lipinski definition) is 9. The third-order valence-corrected chi connectivity index (χ3v) is 9.01. The van der Waals surface area contributed by atoms with Gasteiger partial charge in [-0.25, -0.2) is 4.98 Å². The molecule has 10 nitrogen and oxygen atoms in total. The second-order valence-corrected chi connectivity index (χ2v) is 12.8. The molecule has 0 fully saturated rings. The number of amides is 3. The molecule has 0 saturated carbocycles.